The van der Waals surface area contributed by atoms with E-state index in [0.29, 0.717) is 0 Å². The first-order chi connectivity index (χ1) is 8.90. The van der Waals surface area contributed by atoms with Crippen molar-refractivity contribution < 1.29 is 8.42 Å². The molecular formula is C11H17N5O2S. The van der Waals surface area contributed by atoms with Gasteiger partial charge < -0.3 is 5.73 Å². The minimum absolute atomic E-state index is 0.257. The normalized spacial score (nSPS) is 16.1. The van der Waals surface area contributed by atoms with Crippen LogP contribution in [0.25, 0.3) is 0 Å². The van der Waals surface area contributed by atoms with E-state index < -0.39 is 15.3 Å². The number of hydrogen-bond acceptors (Lipinski definition) is 6. The number of benzene rings is 1. The first-order valence-electron chi connectivity index (χ1n) is 5.79. The molecule has 0 saturated heterocycles. The number of rotatable bonds is 4. The van der Waals surface area contributed by atoms with Crippen LogP contribution in [0.3, 0.4) is 0 Å². The van der Waals surface area contributed by atoms with Crippen LogP contribution in [-0.4, -0.2) is 18.8 Å². The van der Waals surface area contributed by atoms with Crippen LogP contribution >= 0.6 is 0 Å². The third kappa shape index (κ3) is 2.98. The maximum absolute atomic E-state index is 11.8. The zero-order valence-corrected chi connectivity index (χ0v) is 11.6. The predicted molar refractivity (Wildman–Crippen MR) is 73.4 cm³/mol. The lowest BCUT2D eigenvalue weighted by atomic mass is 10.3. The van der Waals surface area contributed by atoms with Crippen molar-refractivity contribution in [2.24, 2.45) is 5.73 Å². The highest BCUT2D eigenvalue weighted by Crippen LogP contribution is 2.16. The molecule has 0 fully saturated rings. The summed E-state index contributed by atoms with van der Waals surface area (Å²) >= 11 is 0. The van der Waals surface area contributed by atoms with Gasteiger partial charge in [0.1, 0.15) is 0 Å². The molecule has 7 nitrogen and oxygen atoms in total. The van der Waals surface area contributed by atoms with E-state index in [4.69, 9.17) is 5.73 Å². The van der Waals surface area contributed by atoms with E-state index in [9.17, 15) is 8.42 Å². The second-order valence-electron chi connectivity index (χ2n) is 4.38. The van der Waals surface area contributed by atoms with E-state index in [1.165, 1.54) is 5.12 Å². The first kappa shape index (κ1) is 13.7. The molecular weight excluding hydrogens is 266 g/mol. The van der Waals surface area contributed by atoms with E-state index in [1.807, 2.05) is 30.3 Å². The number of hydrogen-bond donors (Lipinski definition) is 3. The topological polar surface area (TPSA) is 90.7 Å². The lowest BCUT2D eigenvalue weighted by Gasteiger charge is -2.24. The molecule has 1 aliphatic rings. The van der Waals surface area contributed by atoms with E-state index in [-0.39, 0.29) is 5.82 Å². The van der Waals surface area contributed by atoms with E-state index in [2.05, 4.69) is 10.4 Å². The Bertz CT molecular complexity index is 570. The largest absolute Gasteiger partial charge is 0.382 e. The number of nitrogens with zero attached hydrogens (tertiary/aromatic N) is 2. The summed E-state index contributed by atoms with van der Waals surface area (Å²) in [4.78, 5) is 2.36. The van der Waals surface area contributed by atoms with Gasteiger partial charge in [-0.25, -0.2) is 8.42 Å². The van der Waals surface area contributed by atoms with Crippen LogP contribution < -0.4 is 21.1 Å². The van der Waals surface area contributed by atoms with Gasteiger partial charge in [-0.05, 0) is 26.0 Å². The molecule has 0 atom stereocenters. The van der Waals surface area contributed by atoms with Crippen LogP contribution in [-0.2, 0) is 10.0 Å². The average molecular weight is 283 g/mol. The lowest BCUT2D eigenvalue weighted by Crippen LogP contribution is -2.53. The van der Waals surface area contributed by atoms with Crippen LogP contribution in [0.4, 0.5) is 5.69 Å². The highest BCUT2D eigenvalue weighted by atomic mass is 32.2. The van der Waals surface area contributed by atoms with Crippen molar-refractivity contribution >= 4 is 15.7 Å². The summed E-state index contributed by atoms with van der Waals surface area (Å²) in [6, 6.07) is 9.39. The highest BCUT2D eigenvalue weighted by molar-refractivity contribution is 7.90. The molecule has 0 aromatic heterocycles. The molecule has 0 aliphatic carbocycles. The molecule has 0 amide bonds. The van der Waals surface area contributed by atoms with Crippen LogP contribution in [0.1, 0.15) is 13.8 Å². The summed E-state index contributed by atoms with van der Waals surface area (Å²) < 4.78 is 23.6. The Morgan fingerprint density at radius 2 is 1.89 bits per heavy atom. The van der Waals surface area contributed by atoms with Gasteiger partial charge in [0.25, 0.3) is 0 Å². The molecule has 19 heavy (non-hydrogen) atoms. The third-order valence-corrected chi connectivity index (χ3v) is 4.28. The summed E-state index contributed by atoms with van der Waals surface area (Å²) in [7, 11) is -3.45. The SMILES string of the molecule is CC(C)S(=O)(=O)NN1NN(c2ccccc2)C=C1N. The molecule has 1 aromatic rings. The molecule has 4 N–H and O–H groups in total. The van der Waals surface area contributed by atoms with Crippen molar-refractivity contribution in [3.63, 3.8) is 0 Å². The van der Waals surface area contributed by atoms with Gasteiger partial charge in [-0.1, -0.05) is 18.2 Å². The summed E-state index contributed by atoms with van der Waals surface area (Å²) in [6.45, 7) is 3.18. The minimum Gasteiger partial charge on any atom is -0.382 e. The van der Waals surface area contributed by atoms with Gasteiger partial charge >= 0.3 is 0 Å². The highest BCUT2D eigenvalue weighted by Gasteiger charge is 2.25. The Labute approximate surface area is 112 Å². The fraction of sp³-hybridized carbons (Fsp3) is 0.273. The molecule has 1 aromatic carbocycles. The zero-order valence-electron chi connectivity index (χ0n) is 10.7. The average Bonchev–Trinajstić information content (AvgIpc) is 2.71. The van der Waals surface area contributed by atoms with E-state index >= 15 is 0 Å². The standard InChI is InChI=1S/C11H17N5O2S/c1-9(2)19(17,18)14-16-11(12)8-15(13-16)10-6-4-3-5-7-10/h3-9,13-14H,12H2,1-2H3. The zero-order chi connectivity index (χ0) is 14.0. The van der Waals surface area contributed by atoms with Crippen molar-refractivity contribution in [3.8, 4) is 0 Å². The van der Waals surface area contributed by atoms with Crippen LogP contribution in [0, 0.1) is 0 Å². The Kier molecular flexibility index (Phi) is 3.65. The molecule has 1 aliphatic heterocycles. The summed E-state index contributed by atoms with van der Waals surface area (Å²) in [5.74, 6) is 0.257. The molecule has 8 heteroatoms. The number of nitrogens with one attached hydrogen (secondary N) is 2. The second-order valence-corrected chi connectivity index (χ2v) is 6.60. The number of nitrogens with two attached hydrogens (primary N) is 1. The van der Waals surface area contributed by atoms with E-state index in [1.54, 1.807) is 25.1 Å². The van der Waals surface area contributed by atoms with Crippen molar-refractivity contribution in [2.45, 2.75) is 19.1 Å². The molecule has 1 heterocycles. The van der Waals surface area contributed by atoms with Crippen molar-refractivity contribution in [1.82, 2.24) is 15.5 Å². The number of hydrazine groups is 3. The Hall–Kier alpha value is -1.77. The van der Waals surface area contributed by atoms with Gasteiger partial charge in [-0.3, -0.25) is 5.01 Å². The first-order valence-corrected chi connectivity index (χ1v) is 7.34. The van der Waals surface area contributed by atoms with E-state index in [0.717, 1.165) is 5.69 Å². The number of para-hydroxylation sites is 1. The fourth-order valence-corrected chi connectivity index (χ4v) is 2.02. The lowest BCUT2D eigenvalue weighted by molar-refractivity contribution is 0.235. The van der Waals surface area contributed by atoms with Gasteiger partial charge in [-0.2, -0.15) is 5.12 Å². The monoisotopic (exact) mass is 283 g/mol. The molecule has 0 spiro atoms. The second kappa shape index (κ2) is 5.08. The Morgan fingerprint density at radius 3 is 2.47 bits per heavy atom. The van der Waals surface area contributed by atoms with Crippen LogP contribution in [0.2, 0.25) is 0 Å². The third-order valence-electron chi connectivity index (χ3n) is 2.60. The van der Waals surface area contributed by atoms with Gasteiger partial charge in [0.2, 0.25) is 10.0 Å². The van der Waals surface area contributed by atoms with Crippen molar-refractivity contribution in [2.75, 3.05) is 5.01 Å². The molecule has 0 radical (unpaired) electrons. The van der Waals surface area contributed by atoms with Gasteiger partial charge in [0.05, 0.1) is 17.1 Å². The summed E-state index contributed by atoms with van der Waals surface area (Å²) in [6.07, 6.45) is 1.60. The van der Waals surface area contributed by atoms with Crippen LogP contribution in [0.5, 0.6) is 0 Å². The molecule has 0 unspecified atom stereocenters. The van der Waals surface area contributed by atoms with Crippen molar-refractivity contribution in [3.05, 3.63) is 42.4 Å². The maximum Gasteiger partial charge on any atom is 0.232 e. The molecule has 104 valence electrons. The van der Waals surface area contributed by atoms with Gasteiger partial charge in [0, 0.05) is 0 Å². The molecule has 0 bridgehead atoms. The van der Waals surface area contributed by atoms with Crippen LogP contribution in [0.15, 0.2) is 42.4 Å². The molecule has 2 rings (SSSR count). The minimum atomic E-state index is -3.45. The fourth-order valence-electron chi connectivity index (χ4n) is 1.41. The summed E-state index contributed by atoms with van der Waals surface area (Å²) in [5, 5.41) is 2.24. The Balaban J connectivity index is 2.11. The molecule has 0 saturated carbocycles. The quantitative estimate of drug-likeness (QED) is 0.733. The number of sulfonamides is 1. The van der Waals surface area contributed by atoms with Gasteiger partial charge in [-0.15, -0.1) is 10.4 Å². The van der Waals surface area contributed by atoms with Crippen molar-refractivity contribution in [1.29, 1.82) is 0 Å². The van der Waals surface area contributed by atoms with Gasteiger partial charge in [0.15, 0.2) is 5.82 Å². The maximum atomic E-state index is 11.8. The Morgan fingerprint density at radius 1 is 1.26 bits per heavy atom. The summed E-state index contributed by atoms with van der Waals surface area (Å²) in [5.41, 5.74) is 9.44. The predicted octanol–water partition coefficient (Wildman–Crippen LogP) is 0.229. The number of anilines is 1. The smallest absolute Gasteiger partial charge is 0.232 e.